The molecule has 1 heterocycles. The lowest BCUT2D eigenvalue weighted by Gasteiger charge is -2.02. The molecule has 0 aliphatic carbocycles. The number of H-pyrrole nitrogens is 1. The van der Waals surface area contributed by atoms with Gasteiger partial charge in [-0.25, -0.2) is 4.98 Å². The van der Waals surface area contributed by atoms with E-state index < -0.39 is 6.10 Å². The molecule has 0 saturated heterocycles. The minimum absolute atomic E-state index is 0.192. The second kappa shape index (κ2) is 4.29. The number of hydrogen-bond acceptors (Lipinski definition) is 5. The second-order valence-corrected chi connectivity index (χ2v) is 3.64. The summed E-state index contributed by atoms with van der Waals surface area (Å²) in [5.74, 6) is 0.670. The molecule has 0 amide bonds. The second-order valence-electron chi connectivity index (χ2n) is 2.64. The fourth-order valence-electron chi connectivity index (χ4n) is 0.721. The fourth-order valence-corrected chi connectivity index (χ4v) is 1.46. The van der Waals surface area contributed by atoms with Crippen molar-refractivity contribution in [1.29, 1.82) is 0 Å². The lowest BCUT2D eigenvalue weighted by Crippen LogP contribution is -2.11. The van der Waals surface area contributed by atoms with Crippen LogP contribution in [-0.4, -0.2) is 26.9 Å². The van der Waals surface area contributed by atoms with Crippen LogP contribution in [0.4, 0.5) is 5.82 Å². The Labute approximate surface area is 79.4 Å². The van der Waals surface area contributed by atoms with Crippen molar-refractivity contribution in [2.45, 2.75) is 18.2 Å². The number of aromatic nitrogens is 2. The summed E-state index contributed by atoms with van der Waals surface area (Å²) in [6.07, 6.45) is -0.434. The molecule has 0 fully saturated rings. The van der Waals surface area contributed by atoms with Gasteiger partial charge in [0.1, 0.15) is 5.82 Å². The number of nitrogens with one attached hydrogen (secondary N) is 1. The summed E-state index contributed by atoms with van der Waals surface area (Å²) in [6.45, 7) is 1.66. The zero-order chi connectivity index (χ0) is 9.84. The average Bonchev–Trinajstić information content (AvgIpc) is 1.99. The maximum atomic E-state index is 10.9. The molecule has 5 nitrogen and oxygen atoms in total. The van der Waals surface area contributed by atoms with Gasteiger partial charge >= 0.3 is 0 Å². The third-order valence-corrected chi connectivity index (χ3v) is 2.32. The molecular formula is C7H11N3O2S. The normalized spacial score (nSPS) is 12.8. The van der Waals surface area contributed by atoms with Gasteiger partial charge in [-0.2, -0.15) is 0 Å². The highest BCUT2D eigenvalue weighted by atomic mass is 32.2. The van der Waals surface area contributed by atoms with Crippen LogP contribution in [0.3, 0.4) is 0 Å². The quantitative estimate of drug-likeness (QED) is 0.466. The van der Waals surface area contributed by atoms with E-state index in [1.165, 1.54) is 17.8 Å². The lowest BCUT2D eigenvalue weighted by atomic mass is 10.5. The number of hydrogen-bond donors (Lipinski definition) is 3. The highest BCUT2D eigenvalue weighted by Crippen LogP contribution is 2.12. The first kappa shape index (κ1) is 10.1. The zero-order valence-electron chi connectivity index (χ0n) is 7.15. The Morgan fingerprint density at radius 1 is 1.85 bits per heavy atom. The average molecular weight is 201 g/mol. The number of anilines is 1. The standard InChI is InChI=1S/C7H11N3O2S/c1-4(11)3-13-7-9-5(8)2-6(12)10-7/h2,4,11H,3H2,1H3,(H3,8,9,10,12). The van der Waals surface area contributed by atoms with Gasteiger partial charge in [-0.1, -0.05) is 11.8 Å². The van der Waals surface area contributed by atoms with E-state index in [4.69, 9.17) is 10.8 Å². The van der Waals surface area contributed by atoms with Gasteiger partial charge < -0.3 is 15.8 Å². The number of nitrogen functional groups attached to an aromatic ring is 1. The molecule has 1 rings (SSSR count). The number of aliphatic hydroxyl groups is 1. The van der Waals surface area contributed by atoms with Crippen LogP contribution in [-0.2, 0) is 0 Å². The van der Waals surface area contributed by atoms with Crippen LogP contribution >= 0.6 is 11.8 Å². The topological polar surface area (TPSA) is 92.0 Å². The monoisotopic (exact) mass is 201 g/mol. The third kappa shape index (κ3) is 3.47. The predicted molar refractivity (Wildman–Crippen MR) is 51.7 cm³/mol. The Morgan fingerprint density at radius 2 is 2.54 bits per heavy atom. The number of aliphatic hydroxyl groups excluding tert-OH is 1. The molecule has 0 aliphatic rings. The van der Waals surface area contributed by atoms with Crippen LogP contribution in [0.5, 0.6) is 0 Å². The van der Waals surface area contributed by atoms with Gasteiger partial charge in [0, 0.05) is 11.8 Å². The molecule has 0 aromatic carbocycles. The highest BCUT2D eigenvalue weighted by molar-refractivity contribution is 7.99. The van der Waals surface area contributed by atoms with Crippen molar-refractivity contribution in [3.8, 4) is 0 Å². The van der Waals surface area contributed by atoms with E-state index in [-0.39, 0.29) is 11.4 Å². The first-order valence-corrected chi connectivity index (χ1v) is 4.74. The molecule has 1 aromatic heterocycles. The summed E-state index contributed by atoms with van der Waals surface area (Å²) in [7, 11) is 0. The summed E-state index contributed by atoms with van der Waals surface area (Å²) in [4.78, 5) is 17.3. The van der Waals surface area contributed by atoms with Crippen molar-refractivity contribution >= 4 is 17.6 Å². The van der Waals surface area contributed by atoms with E-state index in [0.717, 1.165) is 0 Å². The van der Waals surface area contributed by atoms with Crippen molar-refractivity contribution in [3.05, 3.63) is 16.4 Å². The molecule has 0 bridgehead atoms. The number of rotatable bonds is 3. The summed E-state index contributed by atoms with van der Waals surface area (Å²) in [5, 5.41) is 9.42. The molecule has 0 aliphatic heterocycles. The maximum absolute atomic E-state index is 10.9. The molecule has 6 heteroatoms. The highest BCUT2D eigenvalue weighted by Gasteiger charge is 2.01. The molecule has 0 radical (unpaired) electrons. The Balaban J connectivity index is 2.72. The Bertz CT molecular complexity index is 337. The molecule has 1 atom stereocenters. The molecule has 1 unspecified atom stereocenters. The van der Waals surface area contributed by atoms with Gasteiger partial charge in [-0.3, -0.25) is 4.79 Å². The third-order valence-electron chi connectivity index (χ3n) is 1.20. The Kier molecular flexibility index (Phi) is 3.32. The summed E-state index contributed by atoms with van der Waals surface area (Å²) in [6, 6.07) is 1.21. The smallest absolute Gasteiger partial charge is 0.253 e. The van der Waals surface area contributed by atoms with Crippen molar-refractivity contribution in [3.63, 3.8) is 0 Å². The Morgan fingerprint density at radius 3 is 3.08 bits per heavy atom. The summed E-state index contributed by atoms with van der Waals surface area (Å²) >= 11 is 1.26. The number of aromatic amines is 1. The number of nitrogens with zero attached hydrogens (tertiary/aromatic N) is 1. The molecule has 13 heavy (non-hydrogen) atoms. The van der Waals surface area contributed by atoms with Gasteiger partial charge in [0.15, 0.2) is 5.16 Å². The van der Waals surface area contributed by atoms with E-state index >= 15 is 0 Å². The SMILES string of the molecule is CC(O)CSc1nc(N)cc(=O)[nH]1. The minimum atomic E-state index is -0.434. The van der Waals surface area contributed by atoms with Crippen LogP contribution in [0.1, 0.15) is 6.92 Å². The molecule has 0 spiro atoms. The van der Waals surface area contributed by atoms with Crippen molar-refractivity contribution in [1.82, 2.24) is 9.97 Å². The first-order chi connectivity index (χ1) is 6.08. The van der Waals surface area contributed by atoms with Crippen LogP contribution in [0, 0.1) is 0 Å². The van der Waals surface area contributed by atoms with Crippen LogP contribution < -0.4 is 11.3 Å². The van der Waals surface area contributed by atoms with E-state index in [0.29, 0.717) is 10.9 Å². The summed E-state index contributed by atoms with van der Waals surface area (Å²) in [5.41, 5.74) is 5.08. The lowest BCUT2D eigenvalue weighted by molar-refractivity contribution is 0.220. The largest absolute Gasteiger partial charge is 0.393 e. The molecule has 72 valence electrons. The van der Waals surface area contributed by atoms with E-state index in [1.807, 2.05) is 0 Å². The van der Waals surface area contributed by atoms with Crippen LogP contribution in [0.2, 0.25) is 0 Å². The molecule has 4 N–H and O–H groups in total. The van der Waals surface area contributed by atoms with E-state index in [2.05, 4.69) is 9.97 Å². The number of nitrogens with two attached hydrogens (primary N) is 1. The summed E-state index contributed by atoms with van der Waals surface area (Å²) < 4.78 is 0. The molecule has 1 aromatic rings. The Hall–Kier alpha value is -1.01. The minimum Gasteiger partial charge on any atom is -0.393 e. The maximum Gasteiger partial charge on any atom is 0.253 e. The van der Waals surface area contributed by atoms with Crippen molar-refractivity contribution < 1.29 is 5.11 Å². The van der Waals surface area contributed by atoms with Gasteiger partial charge in [0.25, 0.3) is 5.56 Å². The fraction of sp³-hybridized carbons (Fsp3) is 0.429. The van der Waals surface area contributed by atoms with Gasteiger partial charge in [-0.15, -0.1) is 0 Å². The number of thioether (sulfide) groups is 1. The van der Waals surface area contributed by atoms with Crippen molar-refractivity contribution in [2.75, 3.05) is 11.5 Å². The van der Waals surface area contributed by atoms with Gasteiger partial charge in [0.2, 0.25) is 0 Å². The predicted octanol–water partition coefficient (Wildman–Crippen LogP) is -0.175. The van der Waals surface area contributed by atoms with Crippen LogP contribution in [0.25, 0.3) is 0 Å². The molecule has 0 saturated carbocycles. The molecular weight excluding hydrogens is 190 g/mol. The first-order valence-electron chi connectivity index (χ1n) is 3.75. The zero-order valence-corrected chi connectivity index (χ0v) is 7.97. The van der Waals surface area contributed by atoms with E-state index in [9.17, 15) is 4.79 Å². The van der Waals surface area contributed by atoms with E-state index in [1.54, 1.807) is 6.92 Å². The van der Waals surface area contributed by atoms with Gasteiger partial charge in [0.05, 0.1) is 6.10 Å². The van der Waals surface area contributed by atoms with Gasteiger partial charge in [-0.05, 0) is 6.92 Å². The van der Waals surface area contributed by atoms with Crippen molar-refractivity contribution in [2.24, 2.45) is 0 Å². The van der Waals surface area contributed by atoms with Crippen LogP contribution in [0.15, 0.2) is 16.0 Å².